The topological polar surface area (TPSA) is 93.2 Å². The van der Waals surface area contributed by atoms with Gasteiger partial charge in [-0.1, -0.05) is 42.5 Å². The molecule has 2 atom stereocenters. The molecule has 3 aromatic carbocycles. The van der Waals surface area contributed by atoms with Crippen LogP contribution in [0, 0.1) is 6.92 Å². The SMILES string of the molecule is CCN1C(=O)[C@H](NC(=O)c2cccc(C(F)(F)F)c2)[C@H](c2ccccc2N)c2c(C)nn(-c3ccccc3)c21. The number of nitrogens with zero attached hydrogens (tertiary/aromatic N) is 3. The molecule has 0 fully saturated rings. The Hall–Kier alpha value is -4.60. The minimum Gasteiger partial charge on any atom is -0.398 e. The molecule has 0 unspecified atom stereocenters. The van der Waals surface area contributed by atoms with Gasteiger partial charge in [-0.25, -0.2) is 4.68 Å². The summed E-state index contributed by atoms with van der Waals surface area (Å²) in [4.78, 5) is 28.9. The van der Waals surface area contributed by atoms with Crippen LogP contribution in [-0.2, 0) is 11.0 Å². The van der Waals surface area contributed by atoms with Crippen LogP contribution in [-0.4, -0.2) is 34.2 Å². The monoisotopic (exact) mass is 533 g/mol. The summed E-state index contributed by atoms with van der Waals surface area (Å²) in [5.41, 5.74) is 8.31. The summed E-state index contributed by atoms with van der Waals surface area (Å²) in [6.07, 6.45) is -4.62. The van der Waals surface area contributed by atoms with Gasteiger partial charge in [-0.2, -0.15) is 18.3 Å². The van der Waals surface area contributed by atoms with Crippen LogP contribution in [0.25, 0.3) is 5.69 Å². The summed E-state index contributed by atoms with van der Waals surface area (Å²) < 4.78 is 41.6. The molecule has 1 aromatic heterocycles. The molecular weight excluding hydrogens is 507 g/mol. The summed E-state index contributed by atoms with van der Waals surface area (Å²) in [5.74, 6) is -1.39. The van der Waals surface area contributed by atoms with Gasteiger partial charge >= 0.3 is 6.18 Å². The first-order valence-corrected chi connectivity index (χ1v) is 12.4. The van der Waals surface area contributed by atoms with Crippen molar-refractivity contribution in [3.8, 4) is 5.69 Å². The normalized spacial score (nSPS) is 17.2. The molecule has 200 valence electrons. The van der Waals surface area contributed by atoms with Crippen LogP contribution in [0.5, 0.6) is 0 Å². The minimum absolute atomic E-state index is 0.206. The fourth-order valence-electron chi connectivity index (χ4n) is 5.12. The first-order chi connectivity index (χ1) is 18.6. The Morgan fingerprint density at radius 2 is 1.72 bits per heavy atom. The van der Waals surface area contributed by atoms with Crippen LogP contribution in [0.3, 0.4) is 0 Å². The molecule has 39 heavy (non-hydrogen) atoms. The van der Waals surface area contributed by atoms with Crippen molar-refractivity contribution in [2.24, 2.45) is 0 Å². The van der Waals surface area contributed by atoms with E-state index in [1.807, 2.05) is 44.2 Å². The van der Waals surface area contributed by atoms with E-state index >= 15 is 0 Å². The Morgan fingerprint density at radius 1 is 1.03 bits per heavy atom. The smallest absolute Gasteiger partial charge is 0.398 e. The number of halogens is 3. The minimum atomic E-state index is -4.62. The molecule has 0 spiro atoms. The maximum atomic E-state index is 14.0. The molecule has 0 radical (unpaired) electrons. The molecule has 2 amide bonds. The number of carbonyl (C=O) groups excluding carboxylic acids is 2. The van der Waals surface area contributed by atoms with E-state index in [0.29, 0.717) is 28.3 Å². The highest BCUT2D eigenvalue weighted by atomic mass is 19.4. The zero-order valence-corrected chi connectivity index (χ0v) is 21.2. The summed E-state index contributed by atoms with van der Waals surface area (Å²) in [6.45, 7) is 3.90. The number of para-hydroxylation sites is 2. The maximum absolute atomic E-state index is 14.0. The van der Waals surface area contributed by atoms with E-state index in [2.05, 4.69) is 5.32 Å². The van der Waals surface area contributed by atoms with Crippen LogP contribution in [0.2, 0.25) is 0 Å². The molecule has 1 aliphatic rings. The number of likely N-dealkylation sites (N-methyl/N-ethyl adjacent to an activating group) is 1. The second kappa shape index (κ2) is 9.94. The maximum Gasteiger partial charge on any atom is 0.416 e. The number of aryl methyl sites for hydroxylation is 1. The quantitative estimate of drug-likeness (QED) is 0.350. The van der Waals surface area contributed by atoms with E-state index in [4.69, 9.17) is 10.8 Å². The predicted molar refractivity (Wildman–Crippen MR) is 142 cm³/mol. The van der Waals surface area contributed by atoms with Crippen molar-refractivity contribution in [3.63, 3.8) is 0 Å². The van der Waals surface area contributed by atoms with Gasteiger partial charge in [0, 0.05) is 29.3 Å². The first kappa shape index (κ1) is 26.0. The largest absolute Gasteiger partial charge is 0.416 e. The van der Waals surface area contributed by atoms with Gasteiger partial charge in [0.25, 0.3) is 11.8 Å². The average molecular weight is 534 g/mol. The Bertz CT molecular complexity index is 1550. The molecule has 5 rings (SSSR count). The van der Waals surface area contributed by atoms with Crippen molar-refractivity contribution < 1.29 is 22.8 Å². The number of hydrogen-bond donors (Lipinski definition) is 2. The van der Waals surface area contributed by atoms with E-state index in [0.717, 1.165) is 23.9 Å². The summed E-state index contributed by atoms with van der Waals surface area (Å²) in [5, 5.41) is 7.49. The van der Waals surface area contributed by atoms with E-state index in [1.54, 1.807) is 28.9 Å². The standard InChI is InChI=1S/C29H26F3N5O2/c1-3-36-27-23(17(2)35-37(27)20-12-5-4-6-13-20)24(21-14-7-8-15-22(21)33)25(28(36)39)34-26(38)18-10-9-11-19(16-18)29(30,31)32/h4-16,24-25H,3,33H2,1-2H3,(H,34,38)/t24-,25-/m1/s1. The summed E-state index contributed by atoms with van der Waals surface area (Å²) in [6, 6.07) is 19.4. The van der Waals surface area contributed by atoms with Crippen LogP contribution >= 0.6 is 0 Å². The lowest BCUT2D eigenvalue weighted by atomic mass is 9.80. The van der Waals surface area contributed by atoms with Gasteiger partial charge in [0.05, 0.1) is 16.9 Å². The van der Waals surface area contributed by atoms with Gasteiger partial charge in [-0.3, -0.25) is 14.5 Å². The number of amides is 2. The molecule has 0 saturated carbocycles. The third-order valence-corrected chi connectivity index (χ3v) is 6.90. The third-order valence-electron chi connectivity index (χ3n) is 6.90. The third kappa shape index (κ3) is 4.62. The number of aromatic nitrogens is 2. The van der Waals surface area contributed by atoms with Crippen LogP contribution < -0.4 is 16.0 Å². The molecule has 1 aliphatic heterocycles. The highest BCUT2D eigenvalue weighted by Gasteiger charge is 2.46. The number of hydrogen-bond acceptors (Lipinski definition) is 4. The number of fused-ring (bicyclic) bond motifs is 1. The fourth-order valence-corrected chi connectivity index (χ4v) is 5.12. The van der Waals surface area contributed by atoms with Gasteiger partial charge in [0.15, 0.2) is 0 Å². The predicted octanol–water partition coefficient (Wildman–Crippen LogP) is 5.08. The van der Waals surface area contributed by atoms with Gasteiger partial charge in [-0.15, -0.1) is 0 Å². The molecule has 7 nitrogen and oxygen atoms in total. The summed E-state index contributed by atoms with van der Waals surface area (Å²) >= 11 is 0. The van der Waals surface area contributed by atoms with Crippen LogP contribution in [0.1, 0.15) is 45.6 Å². The van der Waals surface area contributed by atoms with Crippen molar-refractivity contribution in [1.82, 2.24) is 15.1 Å². The number of nitrogen functional groups attached to an aromatic ring is 1. The number of rotatable bonds is 5. The number of alkyl halides is 3. The number of anilines is 2. The highest BCUT2D eigenvalue weighted by molar-refractivity contribution is 6.05. The molecule has 0 saturated heterocycles. The number of benzene rings is 3. The first-order valence-electron chi connectivity index (χ1n) is 12.4. The number of nitrogens with two attached hydrogens (primary N) is 1. The van der Waals surface area contributed by atoms with Crippen molar-refractivity contribution in [2.75, 3.05) is 17.2 Å². The Labute approximate surface area is 223 Å². The highest BCUT2D eigenvalue weighted by Crippen LogP contribution is 2.44. The van der Waals surface area contributed by atoms with Crippen molar-refractivity contribution in [1.29, 1.82) is 0 Å². The molecule has 4 aromatic rings. The zero-order valence-electron chi connectivity index (χ0n) is 21.2. The zero-order chi connectivity index (χ0) is 27.9. The lowest BCUT2D eigenvalue weighted by Gasteiger charge is -2.38. The summed E-state index contributed by atoms with van der Waals surface area (Å²) in [7, 11) is 0. The van der Waals surface area contributed by atoms with Gasteiger partial charge in [0.2, 0.25) is 0 Å². The van der Waals surface area contributed by atoms with Crippen LogP contribution in [0.4, 0.5) is 24.7 Å². The lowest BCUT2D eigenvalue weighted by molar-refractivity contribution is -0.137. The van der Waals surface area contributed by atoms with Crippen molar-refractivity contribution in [2.45, 2.75) is 32.0 Å². The Morgan fingerprint density at radius 3 is 2.38 bits per heavy atom. The van der Waals surface area contributed by atoms with Gasteiger partial charge in [0.1, 0.15) is 11.9 Å². The second-order valence-corrected chi connectivity index (χ2v) is 9.29. The molecule has 2 heterocycles. The average Bonchev–Trinajstić information content (AvgIpc) is 3.26. The second-order valence-electron chi connectivity index (χ2n) is 9.29. The lowest BCUT2D eigenvalue weighted by Crippen LogP contribution is -2.55. The number of carbonyl (C=O) groups is 2. The fraction of sp³-hybridized carbons (Fsp3) is 0.207. The van der Waals surface area contributed by atoms with Gasteiger partial charge < -0.3 is 11.1 Å². The van der Waals surface area contributed by atoms with E-state index in [1.165, 1.54) is 11.0 Å². The molecular formula is C29H26F3N5O2. The molecule has 0 bridgehead atoms. The Balaban J connectivity index is 1.67. The van der Waals surface area contributed by atoms with E-state index in [9.17, 15) is 22.8 Å². The van der Waals surface area contributed by atoms with Gasteiger partial charge in [-0.05, 0) is 55.8 Å². The van der Waals surface area contributed by atoms with Crippen molar-refractivity contribution >= 4 is 23.3 Å². The van der Waals surface area contributed by atoms with Crippen molar-refractivity contribution in [3.05, 3.63) is 107 Å². The Kier molecular flexibility index (Phi) is 6.63. The molecule has 0 aliphatic carbocycles. The van der Waals surface area contributed by atoms with E-state index < -0.39 is 35.5 Å². The molecule has 10 heteroatoms. The van der Waals surface area contributed by atoms with Crippen LogP contribution in [0.15, 0.2) is 78.9 Å². The number of nitrogens with one attached hydrogen (secondary N) is 1. The van der Waals surface area contributed by atoms with E-state index in [-0.39, 0.29) is 12.1 Å². The molecule has 3 N–H and O–H groups in total.